The Kier molecular flexibility index (Phi) is 2.71. The van der Waals surface area contributed by atoms with Crippen LogP contribution in [-0.4, -0.2) is 10.1 Å². The van der Waals surface area contributed by atoms with Crippen LogP contribution < -0.4 is 11.3 Å². The maximum atomic E-state index is 12.2. The Morgan fingerprint density at radius 2 is 1.85 bits per heavy atom. The quantitative estimate of drug-likeness (QED) is 0.592. The van der Waals surface area contributed by atoms with Crippen LogP contribution >= 0.6 is 0 Å². The summed E-state index contributed by atoms with van der Waals surface area (Å²) in [5.41, 5.74) is 8.44. The highest BCUT2D eigenvalue weighted by molar-refractivity contribution is 5.95. The van der Waals surface area contributed by atoms with Gasteiger partial charge in [-0.3, -0.25) is 4.79 Å². The van der Waals surface area contributed by atoms with E-state index in [4.69, 9.17) is 5.73 Å². The fourth-order valence-electron chi connectivity index (χ4n) is 2.46. The first-order valence-electron chi connectivity index (χ1n) is 6.28. The van der Waals surface area contributed by atoms with Crippen LogP contribution in [0.15, 0.2) is 47.3 Å². The molecule has 4 heteroatoms. The van der Waals surface area contributed by atoms with Crippen molar-refractivity contribution in [2.75, 3.05) is 5.73 Å². The van der Waals surface area contributed by atoms with Crippen LogP contribution in [0.3, 0.4) is 0 Å². The minimum Gasteiger partial charge on any atom is -0.506 e. The highest BCUT2D eigenvalue weighted by atomic mass is 16.3. The van der Waals surface area contributed by atoms with Crippen molar-refractivity contribution in [2.45, 2.75) is 6.92 Å². The van der Waals surface area contributed by atoms with Gasteiger partial charge in [0, 0.05) is 11.1 Å². The molecule has 4 N–H and O–H groups in total. The van der Waals surface area contributed by atoms with Crippen LogP contribution in [0.5, 0.6) is 5.75 Å². The van der Waals surface area contributed by atoms with Crippen LogP contribution in [0.2, 0.25) is 0 Å². The standard InChI is InChI=1S/C16H14N2O2/c1-9-7-11(17)8-12-14(9)18-16(20)13(15(12)19)10-5-3-2-4-6-10/h2-8H,17H2,1H3,(H2,18,19,20). The van der Waals surface area contributed by atoms with E-state index in [0.717, 1.165) is 5.56 Å². The number of nitrogens with two attached hydrogens (primary N) is 1. The number of rotatable bonds is 1. The van der Waals surface area contributed by atoms with E-state index < -0.39 is 0 Å². The van der Waals surface area contributed by atoms with E-state index in [9.17, 15) is 9.90 Å². The number of benzene rings is 2. The fraction of sp³-hybridized carbons (Fsp3) is 0.0625. The summed E-state index contributed by atoms with van der Waals surface area (Å²) in [7, 11) is 0. The minimum absolute atomic E-state index is 0.0367. The molecule has 0 saturated heterocycles. The van der Waals surface area contributed by atoms with Gasteiger partial charge >= 0.3 is 0 Å². The average molecular weight is 266 g/mol. The molecule has 0 aliphatic rings. The molecule has 0 unspecified atom stereocenters. The largest absolute Gasteiger partial charge is 0.506 e. The summed E-state index contributed by atoms with van der Waals surface area (Å²) < 4.78 is 0. The van der Waals surface area contributed by atoms with Gasteiger partial charge in [0.05, 0.1) is 11.1 Å². The number of aromatic hydroxyl groups is 1. The first kappa shape index (κ1) is 12.3. The first-order valence-corrected chi connectivity index (χ1v) is 6.28. The van der Waals surface area contributed by atoms with Gasteiger partial charge in [-0.25, -0.2) is 0 Å². The van der Waals surface area contributed by atoms with Crippen LogP contribution in [-0.2, 0) is 0 Å². The number of fused-ring (bicyclic) bond motifs is 1. The van der Waals surface area contributed by atoms with E-state index in [0.29, 0.717) is 22.2 Å². The molecule has 0 atom stereocenters. The second-order valence-corrected chi connectivity index (χ2v) is 4.80. The number of aryl methyl sites for hydroxylation is 1. The second-order valence-electron chi connectivity index (χ2n) is 4.80. The third kappa shape index (κ3) is 1.82. The van der Waals surface area contributed by atoms with Gasteiger partial charge < -0.3 is 15.8 Å². The normalized spacial score (nSPS) is 10.8. The van der Waals surface area contributed by atoms with Crippen molar-refractivity contribution in [1.29, 1.82) is 0 Å². The van der Waals surface area contributed by atoms with Crippen molar-refractivity contribution in [1.82, 2.24) is 4.98 Å². The molecular weight excluding hydrogens is 252 g/mol. The maximum absolute atomic E-state index is 12.2. The molecule has 0 fully saturated rings. The highest BCUT2D eigenvalue weighted by Gasteiger charge is 2.14. The zero-order valence-corrected chi connectivity index (χ0v) is 11.0. The Hall–Kier alpha value is -2.75. The number of H-pyrrole nitrogens is 1. The van der Waals surface area contributed by atoms with E-state index in [-0.39, 0.29) is 16.9 Å². The van der Waals surface area contributed by atoms with Gasteiger partial charge in [-0.15, -0.1) is 0 Å². The van der Waals surface area contributed by atoms with E-state index in [1.165, 1.54) is 0 Å². The number of anilines is 1. The Morgan fingerprint density at radius 3 is 2.55 bits per heavy atom. The van der Waals surface area contributed by atoms with Crippen LogP contribution in [0.25, 0.3) is 22.0 Å². The third-order valence-electron chi connectivity index (χ3n) is 3.38. The van der Waals surface area contributed by atoms with Gasteiger partial charge in [0.15, 0.2) is 0 Å². The smallest absolute Gasteiger partial charge is 0.260 e. The zero-order valence-electron chi connectivity index (χ0n) is 11.0. The van der Waals surface area contributed by atoms with Crippen LogP contribution in [0, 0.1) is 6.92 Å². The highest BCUT2D eigenvalue weighted by Crippen LogP contribution is 2.33. The molecule has 3 aromatic rings. The van der Waals surface area contributed by atoms with Gasteiger partial charge in [-0.05, 0) is 30.2 Å². The number of hydrogen-bond donors (Lipinski definition) is 3. The molecule has 0 spiro atoms. The predicted octanol–water partition coefficient (Wildman–Crippen LogP) is 2.79. The molecule has 0 radical (unpaired) electrons. The molecule has 0 saturated carbocycles. The van der Waals surface area contributed by atoms with Gasteiger partial charge in [-0.2, -0.15) is 0 Å². The molecule has 0 aliphatic carbocycles. The van der Waals surface area contributed by atoms with Gasteiger partial charge in [0.2, 0.25) is 0 Å². The first-order chi connectivity index (χ1) is 9.58. The van der Waals surface area contributed by atoms with E-state index >= 15 is 0 Å². The van der Waals surface area contributed by atoms with Crippen molar-refractivity contribution in [3.63, 3.8) is 0 Å². The molecule has 3 rings (SSSR count). The number of aromatic amines is 1. The second kappa shape index (κ2) is 4.42. The molecule has 1 heterocycles. The fourth-order valence-corrected chi connectivity index (χ4v) is 2.46. The molecule has 20 heavy (non-hydrogen) atoms. The lowest BCUT2D eigenvalue weighted by Gasteiger charge is -2.10. The Bertz CT molecular complexity index is 852. The summed E-state index contributed by atoms with van der Waals surface area (Å²) in [5.74, 6) is -0.0367. The number of nitrogen functional groups attached to an aromatic ring is 1. The summed E-state index contributed by atoms with van der Waals surface area (Å²) in [6, 6.07) is 12.5. The molecule has 100 valence electrons. The monoisotopic (exact) mass is 266 g/mol. The Balaban J connectivity index is 2.44. The average Bonchev–Trinajstić information content (AvgIpc) is 2.42. The number of nitrogens with one attached hydrogen (secondary N) is 1. The van der Waals surface area contributed by atoms with E-state index in [2.05, 4.69) is 4.98 Å². The topological polar surface area (TPSA) is 79.1 Å². The van der Waals surface area contributed by atoms with Gasteiger partial charge in [0.25, 0.3) is 5.56 Å². The van der Waals surface area contributed by atoms with Gasteiger partial charge in [0.1, 0.15) is 5.75 Å². The third-order valence-corrected chi connectivity index (χ3v) is 3.38. The van der Waals surface area contributed by atoms with Crippen molar-refractivity contribution in [3.05, 3.63) is 58.4 Å². The summed E-state index contributed by atoms with van der Waals surface area (Å²) in [6.07, 6.45) is 0. The predicted molar refractivity (Wildman–Crippen MR) is 80.8 cm³/mol. The molecular formula is C16H14N2O2. The van der Waals surface area contributed by atoms with Crippen LogP contribution in [0.4, 0.5) is 5.69 Å². The lowest BCUT2D eigenvalue weighted by molar-refractivity contribution is 0.482. The zero-order chi connectivity index (χ0) is 14.3. The summed E-state index contributed by atoms with van der Waals surface area (Å²) in [5, 5.41) is 11.0. The number of pyridine rings is 1. The van der Waals surface area contributed by atoms with Crippen molar-refractivity contribution < 1.29 is 5.11 Å². The maximum Gasteiger partial charge on any atom is 0.260 e. The molecule has 0 aliphatic heterocycles. The molecule has 0 amide bonds. The van der Waals surface area contributed by atoms with E-state index in [1.54, 1.807) is 24.3 Å². The SMILES string of the molecule is Cc1cc(N)cc2c(O)c(-c3ccccc3)c(=O)[nH]c12. The van der Waals surface area contributed by atoms with E-state index in [1.807, 2.05) is 25.1 Å². The molecule has 2 aromatic carbocycles. The summed E-state index contributed by atoms with van der Waals surface area (Å²) in [6.45, 7) is 1.84. The van der Waals surface area contributed by atoms with Crippen LogP contribution in [0.1, 0.15) is 5.56 Å². The minimum atomic E-state index is -0.311. The Labute approximate surface area is 115 Å². The molecule has 4 nitrogen and oxygen atoms in total. The molecule has 1 aromatic heterocycles. The lowest BCUT2D eigenvalue weighted by Crippen LogP contribution is -2.10. The van der Waals surface area contributed by atoms with Crippen molar-refractivity contribution >= 4 is 16.6 Å². The number of hydrogen-bond acceptors (Lipinski definition) is 3. The van der Waals surface area contributed by atoms with Gasteiger partial charge in [-0.1, -0.05) is 30.3 Å². The molecule has 0 bridgehead atoms. The number of aromatic nitrogens is 1. The Morgan fingerprint density at radius 1 is 1.15 bits per heavy atom. The van der Waals surface area contributed by atoms with Crippen molar-refractivity contribution in [3.8, 4) is 16.9 Å². The summed E-state index contributed by atoms with van der Waals surface area (Å²) in [4.78, 5) is 15.1. The lowest BCUT2D eigenvalue weighted by atomic mass is 10.0. The summed E-state index contributed by atoms with van der Waals surface area (Å²) >= 11 is 0. The van der Waals surface area contributed by atoms with Crippen molar-refractivity contribution in [2.24, 2.45) is 0 Å².